The Morgan fingerprint density at radius 2 is 2.21 bits per heavy atom. The molecule has 0 radical (unpaired) electrons. The summed E-state index contributed by atoms with van der Waals surface area (Å²) >= 11 is 0. The van der Waals surface area contributed by atoms with Gasteiger partial charge in [0.1, 0.15) is 11.5 Å². The van der Waals surface area contributed by atoms with Gasteiger partial charge in [0.25, 0.3) is 0 Å². The molecule has 102 valence electrons. The monoisotopic (exact) mass is 261 g/mol. The van der Waals surface area contributed by atoms with Crippen LogP contribution >= 0.6 is 0 Å². The molecule has 4 heteroatoms. The second kappa shape index (κ2) is 5.97. The highest BCUT2D eigenvalue weighted by atomic mass is 19.1. The first kappa shape index (κ1) is 13.7. The molecule has 0 aliphatic heterocycles. The van der Waals surface area contributed by atoms with Gasteiger partial charge in [-0.25, -0.2) is 9.07 Å². The van der Waals surface area contributed by atoms with E-state index in [-0.39, 0.29) is 11.9 Å². The first-order chi connectivity index (χ1) is 9.13. The minimum atomic E-state index is -0.245. The van der Waals surface area contributed by atoms with Crippen molar-refractivity contribution < 1.29 is 4.39 Å². The summed E-state index contributed by atoms with van der Waals surface area (Å²) in [5, 5.41) is 7.60. The van der Waals surface area contributed by atoms with Gasteiger partial charge in [0, 0.05) is 12.2 Å². The topological polar surface area (TPSA) is 29.9 Å². The molecule has 0 aliphatic rings. The fourth-order valence-electron chi connectivity index (χ4n) is 2.13. The molecule has 1 aromatic carbocycles. The highest BCUT2D eigenvalue weighted by Crippen LogP contribution is 2.24. The summed E-state index contributed by atoms with van der Waals surface area (Å²) in [6.07, 6.45) is 4.63. The third-order valence-electron chi connectivity index (χ3n) is 3.13. The zero-order valence-electron chi connectivity index (χ0n) is 11.7. The van der Waals surface area contributed by atoms with Gasteiger partial charge in [-0.1, -0.05) is 19.1 Å². The van der Waals surface area contributed by atoms with Crippen molar-refractivity contribution in [3.05, 3.63) is 47.5 Å². The van der Waals surface area contributed by atoms with Gasteiger partial charge in [0.2, 0.25) is 0 Å². The van der Waals surface area contributed by atoms with Crippen LogP contribution in [0.1, 0.15) is 37.4 Å². The number of aromatic nitrogens is 2. The van der Waals surface area contributed by atoms with Crippen molar-refractivity contribution in [2.24, 2.45) is 0 Å². The number of para-hydroxylation sites is 1. The van der Waals surface area contributed by atoms with Crippen LogP contribution in [0.15, 0.2) is 30.6 Å². The molecule has 3 nitrogen and oxygen atoms in total. The summed E-state index contributed by atoms with van der Waals surface area (Å²) in [6, 6.07) is 5.26. The Bertz CT molecular complexity index is 548. The van der Waals surface area contributed by atoms with E-state index in [0.717, 1.165) is 24.1 Å². The number of nitrogens with one attached hydrogen (secondary N) is 1. The normalized spacial score (nSPS) is 12.6. The van der Waals surface area contributed by atoms with E-state index >= 15 is 0 Å². The lowest BCUT2D eigenvalue weighted by molar-refractivity contribution is 0.553. The molecule has 2 rings (SSSR count). The van der Waals surface area contributed by atoms with Crippen LogP contribution in [-0.4, -0.2) is 16.3 Å². The Morgan fingerprint density at radius 1 is 1.42 bits per heavy atom. The summed E-state index contributed by atoms with van der Waals surface area (Å²) in [7, 11) is 0. The van der Waals surface area contributed by atoms with E-state index in [9.17, 15) is 4.39 Å². The van der Waals surface area contributed by atoms with Crippen molar-refractivity contribution in [3.63, 3.8) is 0 Å². The molecule has 0 aliphatic carbocycles. The Labute approximate surface area is 113 Å². The van der Waals surface area contributed by atoms with Crippen LogP contribution in [0.4, 0.5) is 4.39 Å². The van der Waals surface area contributed by atoms with E-state index in [2.05, 4.69) is 17.3 Å². The third-order valence-corrected chi connectivity index (χ3v) is 3.13. The van der Waals surface area contributed by atoms with Crippen molar-refractivity contribution in [1.82, 2.24) is 15.1 Å². The second-order valence-corrected chi connectivity index (χ2v) is 4.82. The molecule has 1 aromatic heterocycles. The molecule has 1 unspecified atom stereocenters. The highest BCUT2D eigenvalue weighted by molar-refractivity contribution is 5.43. The quantitative estimate of drug-likeness (QED) is 0.894. The Balaban J connectivity index is 2.41. The lowest BCUT2D eigenvalue weighted by atomic mass is 10.1. The van der Waals surface area contributed by atoms with E-state index in [1.807, 2.05) is 26.1 Å². The Kier molecular flexibility index (Phi) is 4.32. The number of benzene rings is 1. The highest BCUT2D eigenvalue weighted by Gasteiger charge is 2.15. The number of aryl methyl sites for hydroxylation is 1. The van der Waals surface area contributed by atoms with E-state index in [1.165, 1.54) is 6.07 Å². The van der Waals surface area contributed by atoms with Crippen LogP contribution in [0.25, 0.3) is 5.69 Å². The van der Waals surface area contributed by atoms with Gasteiger partial charge in [-0.3, -0.25) is 0 Å². The average molecular weight is 261 g/mol. The summed E-state index contributed by atoms with van der Waals surface area (Å²) in [6.45, 7) is 7.02. The summed E-state index contributed by atoms with van der Waals surface area (Å²) < 4.78 is 15.8. The average Bonchev–Trinajstić information content (AvgIpc) is 2.82. The largest absolute Gasteiger partial charge is 0.310 e. The van der Waals surface area contributed by atoms with Crippen molar-refractivity contribution in [1.29, 1.82) is 0 Å². The minimum absolute atomic E-state index is 0.0927. The third kappa shape index (κ3) is 3.01. The summed E-state index contributed by atoms with van der Waals surface area (Å²) in [4.78, 5) is 0. The maximum atomic E-state index is 14.1. The lowest BCUT2D eigenvalue weighted by Gasteiger charge is -2.18. The maximum Gasteiger partial charge on any atom is 0.149 e. The first-order valence-corrected chi connectivity index (χ1v) is 6.67. The van der Waals surface area contributed by atoms with Gasteiger partial charge in [-0.05, 0) is 44.0 Å². The molecule has 0 spiro atoms. The minimum Gasteiger partial charge on any atom is -0.310 e. The van der Waals surface area contributed by atoms with Crippen molar-refractivity contribution >= 4 is 0 Å². The van der Waals surface area contributed by atoms with Crippen LogP contribution in [0.5, 0.6) is 0 Å². The van der Waals surface area contributed by atoms with Crippen LogP contribution < -0.4 is 5.32 Å². The zero-order valence-corrected chi connectivity index (χ0v) is 11.7. The molecular formula is C15H20FN3. The number of hydrogen-bond donors (Lipinski definition) is 1. The standard InChI is InChI=1S/C15H20FN3/c1-4-8-17-12(3)13-6-5-7-14(16)15(13)19-10-11(2)9-18-19/h5-7,9-10,12,17H,4,8H2,1-3H3. The Morgan fingerprint density at radius 3 is 2.84 bits per heavy atom. The fraction of sp³-hybridized carbons (Fsp3) is 0.400. The molecule has 0 saturated carbocycles. The van der Waals surface area contributed by atoms with Crippen molar-refractivity contribution in [3.8, 4) is 5.69 Å². The zero-order chi connectivity index (χ0) is 13.8. The maximum absolute atomic E-state index is 14.1. The van der Waals surface area contributed by atoms with Crippen molar-refractivity contribution in [2.75, 3.05) is 6.54 Å². The van der Waals surface area contributed by atoms with E-state index < -0.39 is 0 Å². The molecule has 2 aromatic rings. The second-order valence-electron chi connectivity index (χ2n) is 4.82. The first-order valence-electron chi connectivity index (χ1n) is 6.67. The molecule has 0 amide bonds. The number of halogens is 1. The lowest BCUT2D eigenvalue weighted by Crippen LogP contribution is -2.21. The number of nitrogens with zero attached hydrogens (tertiary/aromatic N) is 2. The van der Waals surface area contributed by atoms with Crippen molar-refractivity contribution in [2.45, 2.75) is 33.2 Å². The molecule has 0 fully saturated rings. The van der Waals surface area contributed by atoms with Gasteiger partial charge < -0.3 is 5.32 Å². The molecule has 19 heavy (non-hydrogen) atoms. The van der Waals surface area contributed by atoms with Gasteiger partial charge in [-0.2, -0.15) is 5.10 Å². The molecule has 1 heterocycles. The van der Waals surface area contributed by atoms with Gasteiger partial charge in [-0.15, -0.1) is 0 Å². The van der Waals surface area contributed by atoms with Gasteiger partial charge in [0.05, 0.1) is 6.20 Å². The van der Waals surface area contributed by atoms with E-state index in [0.29, 0.717) is 5.69 Å². The molecule has 0 saturated heterocycles. The summed E-state index contributed by atoms with van der Waals surface area (Å²) in [5.41, 5.74) is 2.48. The van der Waals surface area contributed by atoms with Crippen LogP contribution in [0.2, 0.25) is 0 Å². The molecule has 0 bridgehead atoms. The Hall–Kier alpha value is -1.68. The van der Waals surface area contributed by atoms with Crippen LogP contribution in [0, 0.1) is 12.7 Å². The molecule has 1 atom stereocenters. The molecule has 1 N–H and O–H groups in total. The predicted octanol–water partition coefficient (Wildman–Crippen LogP) is 3.38. The van der Waals surface area contributed by atoms with E-state index in [4.69, 9.17) is 0 Å². The number of hydrogen-bond acceptors (Lipinski definition) is 2. The van der Waals surface area contributed by atoms with Crippen LogP contribution in [0.3, 0.4) is 0 Å². The summed E-state index contributed by atoms with van der Waals surface area (Å²) in [5.74, 6) is -0.245. The van der Waals surface area contributed by atoms with Gasteiger partial charge in [0.15, 0.2) is 0 Å². The predicted molar refractivity (Wildman–Crippen MR) is 75.0 cm³/mol. The van der Waals surface area contributed by atoms with Crippen LogP contribution in [-0.2, 0) is 0 Å². The van der Waals surface area contributed by atoms with Gasteiger partial charge >= 0.3 is 0 Å². The van der Waals surface area contributed by atoms with E-state index in [1.54, 1.807) is 16.9 Å². The SMILES string of the molecule is CCCNC(C)c1cccc(F)c1-n1cc(C)cn1. The molecular weight excluding hydrogens is 241 g/mol. The fourth-order valence-corrected chi connectivity index (χ4v) is 2.13. The smallest absolute Gasteiger partial charge is 0.149 e. The number of rotatable bonds is 5.